The third-order valence-electron chi connectivity index (χ3n) is 5.18. The zero-order valence-electron chi connectivity index (χ0n) is 12.2. The van der Waals surface area contributed by atoms with Crippen LogP contribution in [0.5, 0.6) is 0 Å². The number of likely N-dealkylation sites (tertiary alicyclic amines) is 1. The van der Waals surface area contributed by atoms with E-state index in [1.165, 1.54) is 25.1 Å². The van der Waals surface area contributed by atoms with E-state index in [0.29, 0.717) is 18.6 Å². The van der Waals surface area contributed by atoms with Crippen LogP contribution in [-0.4, -0.2) is 43.8 Å². The third kappa shape index (κ3) is 2.21. The van der Waals surface area contributed by atoms with E-state index in [1.54, 1.807) is 4.90 Å². The highest BCUT2D eigenvalue weighted by Gasteiger charge is 2.60. The third-order valence-corrected chi connectivity index (χ3v) is 5.18. The van der Waals surface area contributed by atoms with Gasteiger partial charge in [0, 0.05) is 24.2 Å². The minimum atomic E-state index is -0.224. The van der Waals surface area contributed by atoms with Crippen molar-refractivity contribution in [3.05, 3.63) is 29.8 Å². The molecule has 1 aliphatic carbocycles. The van der Waals surface area contributed by atoms with Crippen LogP contribution in [0.2, 0.25) is 0 Å². The van der Waals surface area contributed by atoms with E-state index in [1.807, 2.05) is 0 Å². The summed E-state index contributed by atoms with van der Waals surface area (Å²) in [4.78, 5) is 15.8. The molecule has 1 saturated carbocycles. The second kappa shape index (κ2) is 5.18. The summed E-state index contributed by atoms with van der Waals surface area (Å²) in [6.07, 6.45) is 1.10. The van der Waals surface area contributed by atoms with Gasteiger partial charge in [-0.1, -0.05) is 19.1 Å². The number of ether oxygens (including phenoxy) is 1. The fourth-order valence-corrected chi connectivity index (χ4v) is 3.88. The molecular weight excluding hydrogens is 288 g/mol. The van der Waals surface area contributed by atoms with Crippen LogP contribution in [-0.2, 0) is 10.2 Å². The first kappa shape index (κ1) is 14.7. The van der Waals surface area contributed by atoms with Crippen LogP contribution < -0.4 is 4.90 Å². The molecule has 1 aromatic rings. The molecule has 1 aromatic carbocycles. The lowest BCUT2D eigenvalue weighted by atomic mass is 9.95. The van der Waals surface area contributed by atoms with Gasteiger partial charge < -0.3 is 9.64 Å². The molecule has 0 aromatic heterocycles. The van der Waals surface area contributed by atoms with Crippen molar-refractivity contribution in [2.45, 2.75) is 18.8 Å². The topological polar surface area (TPSA) is 32.8 Å². The number of halogens is 1. The maximum atomic E-state index is 11.6. The molecular formula is C16H21ClN2O2. The van der Waals surface area contributed by atoms with Gasteiger partial charge in [-0.15, -0.1) is 12.4 Å². The lowest BCUT2D eigenvalue weighted by Gasteiger charge is -2.20. The van der Waals surface area contributed by atoms with Gasteiger partial charge in [0.2, 0.25) is 0 Å². The van der Waals surface area contributed by atoms with Crippen LogP contribution in [0.4, 0.5) is 10.5 Å². The lowest BCUT2D eigenvalue weighted by molar-refractivity contribution is 0.181. The standard InChI is InChI=1S/C16H20N2O2.ClH/c1-2-17-10-13-9-16(13,11-17)12-3-5-14(6-4-12)18-7-8-20-15(18)19;/h3-6,13H,2,7-11H2,1H3;1H. The number of rotatable bonds is 3. The van der Waals surface area contributed by atoms with Gasteiger partial charge in [0.25, 0.3) is 0 Å². The number of hydrogen-bond acceptors (Lipinski definition) is 3. The second-order valence-electron chi connectivity index (χ2n) is 6.20. The lowest BCUT2D eigenvalue weighted by Crippen LogP contribution is -2.26. The van der Waals surface area contributed by atoms with Gasteiger partial charge in [0.05, 0.1) is 6.54 Å². The van der Waals surface area contributed by atoms with E-state index in [2.05, 4.69) is 36.1 Å². The number of nitrogens with zero attached hydrogens (tertiary/aromatic N) is 2. The number of likely N-dealkylation sites (N-methyl/N-ethyl adjacent to an activating group) is 1. The molecule has 114 valence electrons. The fraction of sp³-hybridized carbons (Fsp3) is 0.562. The second-order valence-corrected chi connectivity index (χ2v) is 6.20. The number of hydrogen-bond donors (Lipinski definition) is 0. The monoisotopic (exact) mass is 308 g/mol. The first-order valence-corrected chi connectivity index (χ1v) is 7.50. The van der Waals surface area contributed by atoms with Crippen molar-refractivity contribution in [3.8, 4) is 0 Å². The van der Waals surface area contributed by atoms with E-state index >= 15 is 0 Å². The van der Waals surface area contributed by atoms with Gasteiger partial charge in [0.15, 0.2) is 0 Å². The molecule has 2 atom stereocenters. The molecule has 4 nitrogen and oxygen atoms in total. The Morgan fingerprint density at radius 2 is 2.10 bits per heavy atom. The molecule has 0 bridgehead atoms. The van der Waals surface area contributed by atoms with Crippen LogP contribution in [0.15, 0.2) is 24.3 Å². The molecule has 2 saturated heterocycles. The predicted molar refractivity (Wildman–Crippen MR) is 84.3 cm³/mol. The van der Waals surface area contributed by atoms with Crippen LogP contribution in [0.1, 0.15) is 18.9 Å². The van der Waals surface area contributed by atoms with Gasteiger partial charge in [-0.05, 0) is 36.6 Å². The number of carbonyl (C=O) groups is 1. The van der Waals surface area contributed by atoms with Gasteiger partial charge in [-0.25, -0.2) is 4.79 Å². The molecule has 4 rings (SSSR count). The fourth-order valence-electron chi connectivity index (χ4n) is 3.88. The molecule has 21 heavy (non-hydrogen) atoms. The molecule has 3 aliphatic rings. The van der Waals surface area contributed by atoms with E-state index < -0.39 is 0 Å². The molecule has 0 spiro atoms. The van der Waals surface area contributed by atoms with Crippen molar-refractivity contribution in [2.75, 3.05) is 37.7 Å². The van der Waals surface area contributed by atoms with E-state index in [0.717, 1.165) is 18.2 Å². The first-order chi connectivity index (χ1) is 9.73. The van der Waals surface area contributed by atoms with Crippen LogP contribution >= 0.6 is 12.4 Å². The Labute approximate surface area is 131 Å². The maximum Gasteiger partial charge on any atom is 0.414 e. The zero-order chi connectivity index (χ0) is 13.7. The van der Waals surface area contributed by atoms with Gasteiger partial charge in [0.1, 0.15) is 6.61 Å². The summed E-state index contributed by atoms with van der Waals surface area (Å²) in [5, 5.41) is 0. The maximum absolute atomic E-state index is 11.6. The number of benzene rings is 1. The largest absolute Gasteiger partial charge is 0.447 e. The summed E-state index contributed by atoms with van der Waals surface area (Å²) >= 11 is 0. The minimum Gasteiger partial charge on any atom is -0.447 e. The number of fused-ring (bicyclic) bond motifs is 1. The number of cyclic esters (lactones) is 1. The summed E-state index contributed by atoms with van der Waals surface area (Å²) in [7, 11) is 0. The Balaban J connectivity index is 0.00000132. The van der Waals surface area contributed by atoms with Gasteiger partial charge in [-0.3, -0.25) is 4.90 Å². The van der Waals surface area contributed by atoms with Crippen molar-refractivity contribution in [1.82, 2.24) is 4.90 Å². The van der Waals surface area contributed by atoms with E-state index in [4.69, 9.17) is 4.74 Å². The van der Waals surface area contributed by atoms with E-state index in [9.17, 15) is 4.79 Å². The SMILES string of the molecule is CCN1CC2CC2(c2ccc(N3CCOC3=O)cc2)C1.Cl. The first-order valence-electron chi connectivity index (χ1n) is 7.50. The Morgan fingerprint density at radius 1 is 1.33 bits per heavy atom. The summed E-state index contributed by atoms with van der Waals surface area (Å²) in [5.74, 6) is 0.838. The minimum absolute atomic E-state index is 0. The average Bonchev–Trinajstić information content (AvgIpc) is 2.84. The normalized spacial score (nSPS) is 30.8. The smallest absolute Gasteiger partial charge is 0.414 e. The summed E-state index contributed by atoms with van der Waals surface area (Å²) in [6.45, 7) is 6.99. The van der Waals surface area contributed by atoms with Crippen molar-refractivity contribution >= 4 is 24.2 Å². The van der Waals surface area contributed by atoms with Gasteiger partial charge >= 0.3 is 6.09 Å². The Hall–Kier alpha value is -1.26. The summed E-state index contributed by atoms with van der Waals surface area (Å²) in [6, 6.07) is 8.56. The Morgan fingerprint density at radius 3 is 2.67 bits per heavy atom. The number of amides is 1. The number of anilines is 1. The highest BCUT2D eigenvalue weighted by molar-refractivity contribution is 5.89. The van der Waals surface area contributed by atoms with Crippen molar-refractivity contribution in [1.29, 1.82) is 0 Å². The Kier molecular flexibility index (Phi) is 3.62. The average molecular weight is 309 g/mol. The summed E-state index contributed by atoms with van der Waals surface area (Å²) < 4.78 is 4.99. The molecule has 2 heterocycles. The van der Waals surface area contributed by atoms with Crippen LogP contribution in [0.25, 0.3) is 0 Å². The van der Waals surface area contributed by atoms with Crippen molar-refractivity contribution in [3.63, 3.8) is 0 Å². The highest BCUT2D eigenvalue weighted by atomic mass is 35.5. The Bertz CT molecular complexity index is 548. The quantitative estimate of drug-likeness (QED) is 0.860. The van der Waals surface area contributed by atoms with Crippen molar-refractivity contribution < 1.29 is 9.53 Å². The van der Waals surface area contributed by atoms with Crippen LogP contribution in [0, 0.1) is 5.92 Å². The molecule has 0 radical (unpaired) electrons. The molecule has 3 fully saturated rings. The highest BCUT2D eigenvalue weighted by Crippen LogP contribution is 2.58. The van der Waals surface area contributed by atoms with E-state index in [-0.39, 0.29) is 18.5 Å². The molecule has 2 aliphatic heterocycles. The van der Waals surface area contributed by atoms with Crippen LogP contribution in [0.3, 0.4) is 0 Å². The predicted octanol–water partition coefficient (Wildman–Crippen LogP) is 2.66. The number of carbonyl (C=O) groups excluding carboxylic acids is 1. The van der Waals surface area contributed by atoms with Crippen molar-refractivity contribution in [2.24, 2.45) is 5.92 Å². The summed E-state index contributed by atoms with van der Waals surface area (Å²) in [5.41, 5.74) is 2.80. The molecule has 5 heteroatoms. The number of piperidine rings is 1. The molecule has 0 N–H and O–H groups in total. The van der Waals surface area contributed by atoms with Gasteiger partial charge in [-0.2, -0.15) is 0 Å². The molecule has 2 unspecified atom stereocenters. The zero-order valence-corrected chi connectivity index (χ0v) is 13.1. The molecule has 1 amide bonds.